The fourth-order valence-corrected chi connectivity index (χ4v) is 2.61. The Morgan fingerprint density at radius 2 is 1.95 bits per heavy atom. The van der Waals surface area contributed by atoms with Crippen molar-refractivity contribution in [3.63, 3.8) is 0 Å². The summed E-state index contributed by atoms with van der Waals surface area (Å²) in [6.07, 6.45) is 9.78. The molecule has 1 aromatic rings. The number of aryl methyl sites for hydroxylation is 1. The van der Waals surface area contributed by atoms with Gasteiger partial charge in [-0.1, -0.05) is 18.9 Å². The zero-order valence-corrected chi connectivity index (χ0v) is 12.6. The number of rotatable bonds is 7. The summed E-state index contributed by atoms with van der Waals surface area (Å²) in [5.74, 6) is 1.58. The highest BCUT2D eigenvalue weighted by Crippen LogP contribution is 2.28. The first kappa shape index (κ1) is 15.2. The van der Waals surface area contributed by atoms with E-state index in [0.29, 0.717) is 6.10 Å². The molecule has 111 valence electrons. The Labute approximate surface area is 122 Å². The number of methoxy groups -OCH3 is 2. The van der Waals surface area contributed by atoms with Crippen LogP contribution >= 0.6 is 0 Å². The van der Waals surface area contributed by atoms with Gasteiger partial charge in [0.25, 0.3) is 0 Å². The predicted molar refractivity (Wildman–Crippen MR) is 80.4 cm³/mol. The molecule has 20 heavy (non-hydrogen) atoms. The van der Waals surface area contributed by atoms with E-state index >= 15 is 0 Å². The van der Waals surface area contributed by atoms with E-state index in [1.54, 1.807) is 14.2 Å². The van der Waals surface area contributed by atoms with Crippen LogP contribution in [0.3, 0.4) is 0 Å². The van der Waals surface area contributed by atoms with Gasteiger partial charge >= 0.3 is 0 Å². The Morgan fingerprint density at radius 1 is 1.10 bits per heavy atom. The van der Waals surface area contributed by atoms with Crippen molar-refractivity contribution in [2.75, 3.05) is 20.8 Å². The molecule has 3 nitrogen and oxygen atoms in total. The van der Waals surface area contributed by atoms with Crippen LogP contribution in [-0.2, 0) is 11.2 Å². The average molecular weight is 277 g/mol. The van der Waals surface area contributed by atoms with Gasteiger partial charge in [-0.3, -0.25) is 0 Å². The third-order valence-corrected chi connectivity index (χ3v) is 3.76. The minimum atomic E-state index is 0.383. The fourth-order valence-electron chi connectivity index (χ4n) is 2.61. The predicted octanol–water partition coefficient (Wildman–Crippen LogP) is 3.80. The molecule has 1 fully saturated rings. The van der Waals surface area contributed by atoms with E-state index < -0.39 is 0 Å². The summed E-state index contributed by atoms with van der Waals surface area (Å²) in [5.41, 5.74) is 1.26. The molecule has 0 aliphatic heterocycles. The maximum Gasteiger partial charge on any atom is 0.160 e. The van der Waals surface area contributed by atoms with Crippen LogP contribution in [-0.4, -0.2) is 26.9 Å². The molecule has 0 N–H and O–H groups in total. The number of hydrogen-bond donors (Lipinski definition) is 0. The van der Waals surface area contributed by atoms with Gasteiger partial charge in [0, 0.05) is 6.61 Å². The molecule has 0 aromatic heterocycles. The van der Waals surface area contributed by atoms with Gasteiger partial charge in [-0.25, -0.2) is 0 Å². The molecule has 1 unspecified atom stereocenters. The summed E-state index contributed by atoms with van der Waals surface area (Å²) in [7, 11) is 3.33. The molecular weight excluding hydrogens is 252 g/mol. The lowest BCUT2D eigenvalue weighted by Gasteiger charge is -2.21. The van der Waals surface area contributed by atoms with Crippen LogP contribution in [0.5, 0.6) is 11.5 Å². The minimum absolute atomic E-state index is 0.383. The van der Waals surface area contributed by atoms with Crippen LogP contribution in [0.15, 0.2) is 18.2 Å². The molecule has 0 heterocycles. The second-order valence-corrected chi connectivity index (χ2v) is 5.22. The molecule has 1 radical (unpaired) electrons. The third kappa shape index (κ3) is 4.41. The summed E-state index contributed by atoms with van der Waals surface area (Å²) in [6, 6.07) is 6.10. The van der Waals surface area contributed by atoms with Crippen LogP contribution in [0.25, 0.3) is 0 Å². The summed E-state index contributed by atoms with van der Waals surface area (Å²) in [5, 5.41) is 0. The molecule has 0 amide bonds. The van der Waals surface area contributed by atoms with Crippen molar-refractivity contribution >= 4 is 0 Å². The average Bonchev–Trinajstić information content (AvgIpc) is 2.52. The normalized spacial score (nSPS) is 16.1. The second kappa shape index (κ2) is 8.15. The van der Waals surface area contributed by atoms with Crippen LogP contribution in [0.1, 0.15) is 37.7 Å². The number of benzene rings is 1. The van der Waals surface area contributed by atoms with Gasteiger partial charge in [-0.05, 0) is 49.8 Å². The van der Waals surface area contributed by atoms with Crippen molar-refractivity contribution in [2.24, 2.45) is 0 Å². The Bertz CT molecular complexity index is 397. The minimum Gasteiger partial charge on any atom is -0.493 e. The topological polar surface area (TPSA) is 27.7 Å². The highest BCUT2D eigenvalue weighted by Gasteiger charge is 2.13. The van der Waals surface area contributed by atoms with Crippen molar-refractivity contribution in [2.45, 2.75) is 44.6 Å². The van der Waals surface area contributed by atoms with Crippen molar-refractivity contribution in [3.05, 3.63) is 30.2 Å². The van der Waals surface area contributed by atoms with Crippen LogP contribution < -0.4 is 9.47 Å². The maximum absolute atomic E-state index is 5.89. The molecule has 1 atom stereocenters. The number of hydrogen-bond acceptors (Lipinski definition) is 3. The van der Waals surface area contributed by atoms with E-state index in [9.17, 15) is 0 Å². The molecule has 2 rings (SSSR count). The van der Waals surface area contributed by atoms with Crippen molar-refractivity contribution in [1.82, 2.24) is 0 Å². The molecular formula is C17H25O3. The number of ether oxygens (including phenoxy) is 3. The summed E-state index contributed by atoms with van der Waals surface area (Å²) >= 11 is 0. The van der Waals surface area contributed by atoms with Gasteiger partial charge in [0.1, 0.15) is 0 Å². The highest BCUT2D eigenvalue weighted by atomic mass is 16.5. The Hall–Kier alpha value is -1.22. The van der Waals surface area contributed by atoms with Crippen LogP contribution in [0.4, 0.5) is 0 Å². The van der Waals surface area contributed by atoms with Crippen molar-refractivity contribution < 1.29 is 14.2 Å². The second-order valence-electron chi connectivity index (χ2n) is 5.22. The van der Waals surface area contributed by atoms with Gasteiger partial charge in [0.05, 0.1) is 20.3 Å². The standard InChI is InChI=1S/C17H25O3/c1-18-16-11-10-14(13-17(16)19-2)7-6-12-20-15-8-4-3-5-9-15/h8,10-11,13,15H,3-7,9,12H2,1-2H3. The highest BCUT2D eigenvalue weighted by molar-refractivity contribution is 5.42. The van der Waals surface area contributed by atoms with E-state index in [2.05, 4.69) is 12.5 Å². The molecule has 1 aliphatic rings. The quantitative estimate of drug-likeness (QED) is 0.709. The molecule has 1 saturated carbocycles. The summed E-state index contributed by atoms with van der Waals surface area (Å²) < 4.78 is 16.5. The van der Waals surface area contributed by atoms with E-state index in [1.165, 1.54) is 31.2 Å². The summed E-state index contributed by atoms with van der Waals surface area (Å²) in [4.78, 5) is 0. The molecule has 1 aliphatic carbocycles. The van der Waals surface area contributed by atoms with E-state index in [1.807, 2.05) is 12.1 Å². The van der Waals surface area contributed by atoms with Crippen molar-refractivity contribution in [1.29, 1.82) is 0 Å². The Kier molecular flexibility index (Phi) is 6.19. The van der Waals surface area contributed by atoms with Gasteiger partial charge in [-0.15, -0.1) is 0 Å². The maximum atomic E-state index is 5.89. The zero-order chi connectivity index (χ0) is 14.2. The van der Waals surface area contributed by atoms with Gasteiger partial charge in [-0.2, -0.15) is 0 Å². The summed E-state index contributed by atoms with van der Waals surface area (Å²) in [6.45, 7) is 0.829. The third-order valence-electron chi connectivity index (χ3n) is 3.76. The Balaban J connectivity index is 1.73. The molecule has 0 saturated heterocycles. The largest absolute Gasteiger partial charge is 0.493 e. The van der Waals surface area contributed by atoms with Gasteiger partial charge in [0.2, 0.25) is 0 Å². The molecule has 1 aromatic carbocycles. The molecule has 0 bridgehead atoms. The monoisotopic (exact) mass is 277 g/mol. The van der Waals surface area contributed by atoms with Crippen LogP contribution in [0, 0.1) is 6.42 Å². The van der Waals surface area contributed by atoms with Crippen LogP contribution in [0.2, 0.25) is 0 Å². The van der Waals surface area contributed by atoms with Gasteiger partial charge < -0.3 is 14.2 Å². The smallest absolute Gasteiger partial charge is 0.160 e. The first-order valence-corrected chi connectivity index (χ1v) is 7.49. The Morgan fingerprint density at radius 3 is 2.65 bits per heavy atom. The van der Waals surface area contributed by atoms with E-state index in [-0.39, 0.29) is 0 Å². The first-order chi connectivity index (χ1) is 9.83. The van der Waals surface area contributed by atoms with Gasteiger partial charge in [0.15, 0.2) is 11.5 Å². The first-order valence-electron chi connectivity index (χ1n) is 7.49. The fraction of sp³-hybridized carbons (Fsp3) is 0.588. The van der Waals surface area contributed by atoms with Crippen molar-refractivity contribution in [3.8, 4) is 11.5 Å². The molecule has 3 heteroatoms. The molecule has 0 spiro atoms. The SMILES string of the molecule is COc1ccc(CCCOC2[CH]CCCC2)cc1OC. The van der Waals surface area contributed by atoms with E-state index in [0.717, 1.165) is 30.9 Å². The lowest BCUT2D eigenvalue weighted by molar-refractivity contribution is 0.0561. The lowest BCUT2D eigenvalue weighted by atomic mass is 9.98. The zero-order valence-electron chi connectivity index (χ0n) is 12.6. The lowest BCUT2D eigenvalue weighted by Crippen LogP contribution is -2.18. The van der Waals surface area contributed by atoms with E-state index in [4.69, 9.17) is 14.2 Å².